The van der Waals surface area contributed by atoms with Gasteiger partial charge in [-0.05, 0) is 37.1 Å². The van der Waals surface area contributed by atoms with Crippen LogP contribution in [-0.2, 0) is 0 Å². The van der Waals surface area contributed by atoms with E-state index in [2.05, 4.69) is 20.6 Å². The van der Waals surface area contributed by atoms with Crippen molar-refractivity contribution in [3.05, 3.63) is 95.6 Å². The minimum Gasteiger partial charge on any atom is -0.465 e. The molecule has 0 aliphatic carbocycles. The van der Waals surface area contributed by atoms with Crippen molar-refractivity contribution < 1.29 is 19.1 Å². The fourth-order valence-electron chi connectivity index (χ4n) is 3.57. The molecule has 35 heavy (non-hydrogen) atoms. The van der Waals surface area contributed by atoms with Crippen LogP contribution >= 0.6 is 11.6 Å². The van der Waals surface area contributed by atoms with Crippen LogP contribution in [0.4, 0.5) is 4.79 Å². The van der Waals surface area contributed by atoms with E-state index in [0.717, 1.165) is 11.1 Å². The molecule has 2 aromatic heterocycles. The van der Waals surface area contributed by atoms with Gasteiger partial charge in [0.15, 0.2) is 5.76 Å². The smallest absolute Gasteiger partial charge is 0.404 e. The number of halogens is 1. The van der Waals surface area contributed by atoms with Crippen LogP contribution in [0.2, 0.25) is 5.02 Å². The summed E-state index contributed by atoms with van der Waals surface area (Å²) in [6, 6.07) is 19.5. The fraction of sp³-hybridized carbons (Fsp3) is 0.154. The molecule has 0 aliphatic rings. The molecule has 9 heteroatoms. The molecular formula is C26H23ClN4O4. The molecule has 0 aliphatic heterocycles. The first kappa shape index (κ1) is 24.0. The van der Waals surface area contributed by atoms with Gasteiger partial charge < -0.3 is 20.2 Å². The van der Waals surface area contributed by atoms with E-state index in [9.17, 15) is 9.59 Å². The number of hydrogen-bond donors (Lipinski definition) is 3. The van der Waals surface area contributed by atoms with Crippen LogP contribution in [0.25, 0.3) is 22.6 Å². The summed E-state index contributed by atoms with van der Waals surface area (Å²) in [6.07, 6.45) is 3.03. The highest BCUT2D eigenvalue weighted by atomic mass is 35.5. The molecule has 178 valence electrons. The molecule has 0 fully saturated rings. The molecule has 4 rings (SSSR count). The summed E-state index contributed by atoms with van der Waals surface area (Å²) in [5.41, 5.74) is 2.71. The molecule has 1 atom stereocenters. The first-order valence-electron chi connectivity index (χ1n) is 11.0. The number of oxazole rings is 1. The van der Waals surface area contributed by atoms with Gasteiger partial charge in [0.05, 0.1) is 11.9 Å². The van der Waals surface area contributed by atoms with E-state index in [4.69, 9.17) is 21.1 Å². The lowest BCUT2D eigenvalue weighted by atomic mass is 10.1. The van der Waals surface area contributed by atoms with Gasteiger partial charge in [0.1, 0.15) is 6.04 Å². The maximum Gasteiger partial charge on any atom is 0.404 e. The predicted octanol–water partition coefficient (Wildman–Crippen LogP) is 5.58. The molecule has 2 aromatic carbocycles. The van der Waals surface area contributed by atoms with Crippen molar-refractivity contribution in [1.29, 1.82) is 0 Å². The van der Waals surface area contributed by atoms with Crippen molar-refractivity contribution in [3.8, 4) is 22.6 Å². The molecule has 0 spiro atoms. The highest BCUT2D eigenvalue weighted by Gasteiger charge is 2.21. The third-order valence-electron chi connectivity index (χ3n) is 5.27. The van der Waals surface area contributed by atoms with Gasteiger partial charge in [0.2, 0.25) is 5.89 Å². The molecule has 3 N–H and O–H groups in total. The number of nitrogens with one attached hydrogen (secondary N) is 2. The second kappa shape index (κ2) is 11.3. The predicted molar refractivity (Wildman–Crippen MR) is 132 cm³/mol. The highest BCUT2D eigenvalue weighted by Crippen LogP contribution is 2.26. The maximum absolute atomic E-state index is 13.2. The average molecular weight is 491 g/mol. The minimum atomic E-state index is -1.10. The standard InChI is InChI=1S/C26H23ClN4O4/c27-20-11-13-28-22(15-20)18-8-4-9-19(14-18)24(32)31-21(10-5-12-29-26(33)34)25-30-16-23(35-25)17-6-2-1-3-7-17/h1-4,6-9,11,13-16,21,29H,5,10,12H2,(H,31,32)(H,33,34). The van der Waals surface area contributed by atoms with Gasteiger partial charge in [-0.15, -0.1) is 0 Å². The van der Waals surface area contributed by atoms with Crippen LogP contribution in [0.3, 0.4) is 0 Å². The molecule has 0 saturated carbocycles. The second-order valence-electron chi connectivity index (χ2n) is 7.77. The van der Waals surface area contributed by atoms with Crippen LogP contribution in [0.5, 0.6) is 0 Å². The Morgan fingerprint density at radius 2 is 1.80 bits per heavy atom. The Morgan fingerprint density at radius 1 is 1.00 bits per heavy atom. The summed E-state index contributed by atoms with van der Waals surface area (Å²) < 4.78 is 5.97. The quantitative estimate of drug-likeness (QED) is 0.264. The van der Waals surface area contributed by atoms with Crippen molar-refractivity contribution in [2.24, 2.45) is 0 Å². The Balaban J connectivity index is 1.54. The van der Waals surface area contributed by atoms with E-state index in [-0.39, 0.29) is 12.5 Å². The number of carbonyl (C=O) groups is 2. The number of aromatic nitrogens is 2. The number of nitrogens with zero attached hydrogens (tertiary/aromatic N) is 2. The van der Waals surface area contributed by atoms with Crippen molar-refractivity contribution in [2.75, 3.05) is 6.54 Å². The lowest BCUT2D eigenvalue weighted by molar-refractivity contribution is 0.0927. The van der Waals surface area contributed by atoms with Crippen LogP contribution < -0.4 is 10.6 Å². The third kappa shape index (κ3) is 6.45. The van der Waals surface area contributed by atoms with Crippen LogP contribution in [0, 0.1) is 0 Å². The summed E-state index contributed by atoms with van der Waals surface area (Å²) >= 11 is 6.08. The molecular weight excluding hydrogens is 468 g/mol. The molecule has 0 radical (unpaired) electrons. The Bertz CT molecular complexity index is 1310. The van der Waals surface area contributed by atoms with Crippen LogP contribution in [-0.4, -0.2) is 33.6 Å². The van der Waals surface area contributed by atoms with Gasteiger partial charge in [-0.1, -0.05) is 54.1 Å². The molecule has 8 nitrogen and oxygen atoms in total. The van der Waals surface area contributed by atoms with Gasteiger partial charge in [-0.2, -0.15) is 0 Å². The zero-order chi connectivity index (χ0) is 24.6. The summed E-state index contributed by atoms with van der Waals surface area (Å²) in [7, 11) is 0. The number of benzene rings is 2. The topological polar surface area (TPSA) is 117 Å². The van der Waals surface area contributed by atoms with E-state index in [1.54, 1.807) is 42.7 Å². The number of carbonyl (C=O) groups excluding carboxylic acids is 1. The van der Waals surface area contributed by atoms with Crippen molar-refractivity contribution in [3.63, 3.8) is 0 Å². The Morgan fingerprint density at radius 3 is 2.57 bits per heavy atom. The van der Waals surface area contributed by atoms with E-state index in [0.29, 0.717) is 40.8 Å². The van der Waals surface area contributed by atoms with E-state index in [1.807, 2.05) is 36.4 Å². The van der Waals surface area contributed by atoms with E-state index in [1.165, 1.54) is 0 Å². The van der Waals surface area contributed by atoms with Gasteiger partial charge in [-0.3, -0.25) is 9.78 Å². The molecule has 0 bridgehead atoms. The van der Waals surface area contributed by atoms with Gasteiger partial charge >= 0.3 is 6.09 Å². The molecule has 0 saturated heterocycles. The lowest BCUT2D eigenvalue weighted by Gasteiger charge is -2.16. The monoisotopic (exact) mass is 490 g/mol. The maximum atomic E-state index is 13.2. The first-order valence-corrected chi connectivity index (χ1v) is 11.4. The van der Waals surface area contributed by atoms with Gasteiger partial charge in [0.25, 0.3) is 5.91 Å². The Kier molecular flexibility index (Phi) is 7.74. The number of hydrogen-bond acceptors (Lipinski definition) is 5. The normalized spacial score (nSPS) is 11.6. The number of rotatable bonds is 9. The Hall–Kier alpha value is -4.17. The lowest BCUT2D eigenvalue weighted by Crippen LogP contribution is -2.30. The second-order valence-corrected chi connectivity index (χ2v) is 8.21. The zero-order valence-corrected chi connectivity index (χ0v) is 19.4. The van der Waals surface area contributed by atoms with E-state index < -0.39 is 12.1 Å². The van der Waals surface area contributed by atoms with Crippen molar-refractivity contribution in [2.45, 2.75) is 18.9 Å². The number of carboxylic acid groups (broad SMARTS) is 1. The van der Waals surface area contributed by atoms with Gasteiger partial charge in [0, 0.05) is 34.5 Å². The first-order chi connectivity index (χ1) is 17.0. The molecule has 1 unspecified atom stereocenters. The zero-order valence-electron chi connectivity index (χ0n) is 18.6. The van der Waals surface area contributed by atoms with Gasteiger partial charge in [-0.25, -0.2) is 9.78 Å². The number of amides is 2. The summed E-state index contributed by atoms with van der Waals surface area (Å²) in [6.45, 7) is 0.240. The summed E-state index contributed by atoms with van der Waals surface area (Å²) in [4.78, 5) is 32.6. The number of pyridine rings is 1. The summed E-state index contributed by atoms with van der Waals surface area (Å²) in [5, 5.41) is 14.7. The molecule has 2 heterocycles. The fourth-order valence-corrected chi connectivity index (χ4v) is 3.73. The average Bonchev–Trinajstić information content (AvgIpc) is 3.36. The van der Waals surface area contributed by atoms with Crippen LogP contribution in [0.1, 0.15) is 35.1 Å². The van der Waals surface area contributed by atoms with Crippen LogP contribution in [0.15, 0.2) is 83.5 Å². The minimum absolute atomic E-state index is 0.240. The molecule has 4 aromatic rings. The largest absolute Gasteiger partial charge is 0.465 e. The van der Waals surface area contributed by atoms with E-state index >= 15 is 0 Å². The summed E-state index contributed by atoms with van der Waals surface area (Å²) in [5.74, 6) is 0.613. The Labute approximate surface area is 207 Å². The van der Waals surface area contributed by atoms with Crippen molar-refractivity contribution >= 4 is 23.6 Å². The molecule has 2 amide bonds. The SMILES string of the molecule is O=C(O)NCCCC(NC(=O)c1cccc(-c2cc(Cl)ccn2)c1)c1ncc(-c2ccccc2)o1. The third-order valence-corrected chi connectivity index (χ3v) is 5.51. The highest BCUT2D eigenvalue weighted by molar-refractivity contribution is 6.30. The van der Waals surface area contributed by atoms with Crippen molar-refractivity contribution in [1.82, 2.24) is 20.6 Å².